The third-order valence-electron chi connectivity index (χ3n) is 10.6. The monoisotopic (exact) mass is 652 g/mol. The summed E-state index contributed by atoms with van der Waals surface area (Å²) in [5.41, 5.74) is 4.50. The molecule has 2 heterocycles. The second-order valence-corrected chi connectivity index (χ2v) is 14.8. The van der Waals surface area contributed by atoms with Crippen LogP contribution < -0.4 is 16.0 Å². The summed E-state index contributed by atoms with van der Waals surface area (Å²) < 4.78 is 0. The van der Waals surface area contributed by atoms with Gasteiger partial charge in [0.2, 0.25) is 17.7 Å². The number of aryl methyl sites for hydroxylation is 3. The Kier molecular flexibility index (Phi) is 10.7. The number of benzene rings is 3. The summed E-state index contributed by atoms with van der Waals surface area (Å²) in [6.45, 7) is 1.79. The van der Waals surface area contributed by atoms with Gasteiger partial charge in [-0.1, -0.05) is 84.9 Å². The van der Waals surface area contributed by atoms with Gasteiger partial charge >= 0.3 is 0 Å². The van der Waals surface area contributed by atoms with Crippen LogP contribution in [0.3, 0.4) is 0 Å². The van der Waals surface area contributed by atoms with E-state index in [0.29, 0.717) is 6.42 Å². The predicted octanol–water partition coefficient (Wildman–Crippen LogP) is 5.59. The predicted molar refractivity (Wildman–Crippen MR) is 189 cm³/mol. The molecule has 0 aromatic heterocycles. The fourth-order valence-electron chi connectivity index (χ4n) is 7.85. The Morgan fingerprint density at radius 3 is 2.17 bits per heavy atom. The van der Waals surface area contributed by atoms with Crippen LogP contribution in [0.15, 0.2) is 84.9 Å². The minimum absolute atomic E-state index is 0.0696. The Hall–Kier alpha value is -3.62. The number of hydrogen-bond donors (Lipinski definition) is 3. The molecule has 0 saturated carbocycles. The molecule has 3 aliphatic rings. The summed E-state index contributed by atoms with van der Waals surface area (Å²) in [6.07, 6.45) is 7.42. The summed E-state index contributed by atoms with van der Waals surface area (Å²) >= 11 is 1.76. The number of carbonyl (C=O) groups is 3. The molecule has 248 valence electrons. The smallest absolute Gasteiger partial charge is 0.246 e. The lowest BCUT2D eigenvalue weighted by Crippen LogP contribution is -2.59. The lowest BCUT2D eigenvalue weighted by molar-refractivity contribution is -0.144. The molecule has 3 aromatic carbocycles. The molecule has 2 saturated heterocycles. The van der Waals surface area contributed by atoms with Crippen molar-refractivity contribution >= 4 is 29.5 Å². The van der Waals surface area contributed by atoms with Gasteiger partial charge < -0.3 is 20.9 Å². The van der Waals surface area contributed by atoms with Crippen LogP contribution in [0.25, 0.3) is 0 Å². The highest BCUT2D eigenvalue weighted by Crippen LogP contribution is 2.52. The van der Waals surface area contributed by atoms with Crippen LogP contribution in [-0.2, 0) is 33.6 Å². The van der Waals surface area contributed by atoms with Gasteiger partial charge in [0.05, 0.1) is 17.5 Å². The first kappa shape index (κ1) is 33.3. The number of hydrogen-bond acceptors (Lipinski definition) is 5. The molecule has 1 aliphatic carbocycles. The number of thioether (sulfide) groups is 1. The zero-order valence-electron chi connectivity index (χ0n) is 27.6. The lowest BCUT2D eigenvalue weighted by atomic mass is 9.71. The van der Waals surface area contributed by atoms with Crippen molar-refractivity contribution < 1.29 is 14.4 Å². The largest absolute Gasteiger partial charge is 0.347 e. The molecule has 6 rings (SSSR count). The van der Waals surface area contributed by atoms with Gasteiger partial charge in [-0.15, -0.1) is 11.8 Å². The Bertz CT molecular complexity index is 1490. The van der Waals surface area contributed by atoms with Crippen molar-refractivity contribution in [3.05, 3.63) is 107 Å². The Morgan fingerprint density at radius 1 is 0.872 bits per heavy atom. The van der Waals surface area contributed by atoms with Crippen molar-refractivity contribution in [1.82, 2.24) is 20.9 Å². The third kappa shape index (κ3) is 7.44. The van der Waals surface area contributed by atoms with E-state index in [1.165, 1.54) is 22.3 Å². The summed E-state index contributed by atoms with van der Waals surface area (Å²) in [4.78, 5) is 44.5. The molecule has 0 radical (unpaired) electrons. The van der Waals surface area contributed by atoms with Crippen molar-refractivity contribution in [3.8, 4) is 0 Å². The van der Waals surface area contributed by atoms with E-state index in [-0.39, 0.29) is 29.1 Å². The van der Waals surface area contributed by atoms with Crippen LogP contribution in [-0.4, -0.2) is 58.9 Å². The molecule has 3 amide bonds. The van der Waals surface area contributed by atoms with Crippen LogP contribution in [0.1, 0.15) is 73.7 Å². The molecule has 2 unspecified atom stereocenters. The van der Waals surface area contributed by atoms with Crippen molar-refractivity contribution in [3.63, 3.8) is 0 Å². The van der Waals surface area contributed by atoms with E-state index in [0.717, 1.165) is 57.1 Å². The molecular formula is C39H48N4O3S. The molecule has 5 atom stereocenters. The zero-order valence-corrected chi connectivity index (χ0v) is 28.4. The molecule has 3 aromatic rings. The van der Waals surface area contributed by atoms with E-state index in [1.54, 1.807) is 25.7 Å². The molecular weight excluding hydrogens is 605 g/mol. The van der Waals surface area contributed by atoms with Crippen molar-refractivity contribution in [1.29, 1.82) is 0 Å². The van der Waals surface area contributed by atoms with Gasteiger partial charge in [0, 0.05) is 5.41 Å². The second-order valence-electron chi connectivity index (χ2n) is 13.5. The molecule has 7 nitrogen and oxygen atoms in total. The normalized spacial score (nSPS) is 24.0. The molecule has 2 fully saturated rings. The molecule has 8 heteroatoms. The van der Waals surface area contributed by atoms with Crippen molar-refractivity contribution in [2.24, 2.45) is 5.41 Å². The van der Waals surface area contributed by atoms with Gasteiger partial charge in [0.15, 0.2) is 0 Å². The van der Waals surface area contributed by atoms with Crippen LogP contribution in [0, 0.1) is 5.41 Å². The summed E-state index contributed by atoms with van der Waals surface area (Å²) in [5.74, 6) is 0.332. The van der Waals surface area contributed by atoms with Crippen molar-refractivity contribution in [2.45, 2.75) is 94.3 Å². The van der Waals surface area contributed by atoms with Gasteiger partial charge in [-0.2, -0.15) is 0 Å². The van der Waals surface area contributed by atoms with Crippen LogP contribution in [0.5, 0.6) is 0 Å². The first-order valence-corrected chi connectivity index (χ1v) is 18.3. The van der Waals surface area contributed by atoms with E-state index in [2.05, 4.69) is 82.7 Å². The van der Waals surface area contributed by atoms with E-state index < -0.39 is 23.5 Å². The Labute approximate surface area is 283 Å². The van der Waals surface area contributed by atoms with Crippen LogP contribution in [0.4, 0.5) is 0 Å². The van der Waals surface area contributed by atoms with E-state index in [1.807, 2.05) is 23.1 Å². The Balaban J connectivity index is 1.38. The molecule has 0 bridgehead atoms. The molecule has 2 aliphatic heterocycles. The molecule has 0 spiro atoms. The number of carbonyl (C=O) groups excluding carboxylic acids is 3. The summed E-state index contributed by atoms with van der Waals surface area (Å²) in [5, 5.41) is 9.37. The van der Waals surface area contributed by atoms with Gasteiger partial charge in [0.25, 0.3) is 0 Å². The number of likely N-dealkylation sites (N-methyl/N-ethyl adjacent to an activating group) is 1. The maximum absolute atomic E-state index is 14.9. The van der Waals surface area contributed by atoms with E-state index in [4.69, 9.17) is 0 Å². The number of fused-ring (bicyclic) bond motifs is 2. The van der Waals surface area contributed by atoms with E-state index in [9.17, 15) is 14.4 Å². The average molecular weight is 653 g/mol. The summed E-state index contributed by atoms with van der Waals surface area (Å²) in [7, 11) is 1.74. The SMILES string of the molecule is CN[C@@H](C)C(=O)N[C@H]1CCSC2CC(CCc3ccccc3)(CCc3ccccc3)C(C(=O)N[C@@H]3CCCc4ccccc43)N2C1=O. The number of nitrogens with one attached hydrogen (secondary N) is 3. The maximum atomic E-state index is 14.9. The third-order valence-corrected chi connectivity index (χ3v) is 11.9. The maximum Gasteiger partial charge on any atom is 0.246 e. The zero-order chi connectivity index (χ0) is 32.8. The van der Waals surface area contributed by atoms with Gasteiger partial charge in [-0.25, -0.2) is 0 Å². The van der Waals surface area contributed by atoms with Crippen LogP contribution >= 0.6 is 11.8 Å². The number of nitrogens with zero attached hydrogens (tertiary/aromatic N) is 1. The minimum Gasteiger partial charge on any atom is -0.347 e. The minimum atomic E-state index is -0.666. The molecule has 3 N–H and O–H groups in total. The fourth-order valence-corrected chi connectivity index (χ4v) is 9.33. The van der Waals surface area contributed by atoms with Gasteiger partial charge in [-0.05, 0) is 99.8 Å². The van der Waals surface area contributed by atoms with Gasteiger partial charge in [-0.3, -0.25) is 14.4 Å². The highest BCUT2D eigenvalue weighted by atomic mass is 32.2. The second kappa shape index (κ2) is 15.1. The number of rotatable bonds is 11. The summed E-state index contributed by atoms with van der Waals surface area (Å²) in [6, 6.07) is 27.5. The van der Waals surface area contributed by atoms with Gasteiger partial charge in [0.1, 0.15) is 12.1 Å². The van der Waals surface area contributed by atoms with Crippen molar-refractivity contribution in [2.75, 3.05) is 12.8 Å². The molecule has 47 heavy (non-hydrogen) atoms. The quantitative estimate of drug-likeness (QED) is 0.252. The fraction of sp³-hybridized carbons (Fsp3) is 0.462. The average Bonchev–Trinajstić information content (AvgIpc) is 3.36. The standard InChI is InChI=1S/C39H48N4O3S/c1-27(40-2)36(44)42-33-22-25-47-34-26-39(23-20-28-12-5-3-6-13-28,24-21-29-14-7-4-8-15-29)35(43(34)38(33)46)37(45)41-32-19-11-17-30-16-9-10-18-31(30)32/h3-10,12-16,18,27,32-35,40H,11,17,19-26H2,1-2H3,(H,41,45)(H,42,44)/t27-,32+,33-,34?,35?/m0/s1. The highest BCUT2D eigenvalue weighted by Gasteiger charge is 2.58. The van der Waals surface area contributed by atoms with E-state index >= 15 is 0 Å². The first-order valence-electron chi connectivity index (χ1n) is 17.3. The Morgan fingerprint density at radius 2 is 1.51 bits per heavy atom. The number of amides is 3. The first-order chi connectivity index (χ1) is 22.9. The topological polar surface area (TPSA) is 90.5 Å². The van der Waals surface area contributed by atoms with Crippen LogP contribution in [0.2, 0.25) is 0 Å². The highest BCUT2D eigenvalue weighted by molar-refractivity contribution is 7.99. The lowest BCUT2D eigenvalue weighted by Gasteiger charge is -2.40.